The first-order valence-corrected chi connectivity index (χ1v) is 5.80. The fourth-order valence-electron chi connectivity index (χ4n) is 1.78. The van der Waals surface area contributed by atoms with Crippen molar-refractivity contribution in [3.63, 3.8) is 0 Å². The average Bonchev–Trinajstić information content (AvgIpc) is 2.65. The molecule has 0 aliphatic carbocycles. The Morgan fingerprint density at radius 2 is 2.16 bits per heavy atom. The number of fused-ring (bicyclic) bond motifs is 1. The molecule has 0 saturated carbocycles. The zero-order valence-corrected chi connectivity index (χ0v) is 11.4. The molecular weight excluding hydrogens is 268 g/mol. The lowest BCUT2D eigenvalue weighted by molar-refractivity contribution is -0.122. The molecule has 4 N–H and O–H groups in total. The third kappa shape index (κ3) is 3.36. The zero-order chi connectivity index (χ0) is 13.1. The average molecular weight is 285 g/mol. The summed E-state index contributed by atoms with van der Waals surface area (Å²) in [5.74, 6) is -0.220. The van der Waals surface area contributed by atoms with E-state index in [2.05, 4.69) is 10.3 Å². The van der Waals surface area contributed by atoms with Crippen LogP contribution in [-0.4, -0.2) is 28.0 Å². The van der Waals surface area contributed by atoms with Crippen molar-refractivity contribution in [2.24, 2.45) is 5.73 Å². The number of hydrogen-bond acceptors (Lipinski definition) is 3. The molecule has 0 bridgehead atoms. The Bertz CT molecular complexity index is 617. The first kappa shape index (κ1) is 15.3. The maximum Gasteiger partial charge on any atom is 0.326 e. The molecule has 1 heterocycles. The minimum atomic E-state index is -0.537. The Balaban J connectivity index is 0.00000180. The van der Waals surface area contributed by atoms with Gasteiger partial charge in [-0.2, -0.15) is 0 Å². The van der Waals surface area contributed by atoms with Crippen LogP contribution in [0.15, 0.2) is 29.1 Å². The van der Waals surface area contributed by atoms with Gasteiger partial charge in [-0.25, -0.2) is 4.79 Å². The second kappa shape index (κ2) is 6.40. The van der Waals surface area contributed by atoms with Gasteiger partial charge >= 0.3 is 5.69 Å². The molecule has 0 aliphatic rings. The number of nitrogens with two attached hydrogens (primary N) is 1. The molecule has 0 unspecified atom stereocenters. The summed E-state index contributed by atoms with van der Waals surface area (Å²) in [6.45, 7) is 2.41. The van der Waals surface area contributed by atoms with Crippen molar-refractivity contribution in [3.05, 3.63) is 34.7 Å². The maximum atomic E-state index is 11.7. The number of hydrogen-bond donors (Lipinski definition) is 3. The summed E-state index contributed by atoms with van der Waals surface area (Å²) in [5.41, 5.74) is 6.88. The van der Waals surface area contributed by atoms with Gasteiger partial charge in [-0.15, -0.1) is 12.4 Å². The number of carbonyl (C=O) groups is 1. The molecular formula is C12H17ClN4O2. The third-order valence-electron chi connectivity index (χ3n) is 2.73. The smallest absolute Gasteiger partial charge is 0.326 e. The van der Waals surface area contributed by atoms with E-state index in [4.69, 9.17) is 5.73 Å². The van der Waals surface area contributed by atoms with Crippen LogP contribution in [0.2, 0.25) is 0 Å². The second-order valence-electron chi connectivity index (χ2n) is 4.18. The van der Waals surface area contributed by atoms with Gasteiger partial charge in [-0.05, 0) is 19.1 Å². The van der Waals surface area contributed by atoms with Gasteiger partial charge in [0, 0.05) is 13.1 Å². The molecule has 0 saturated heterocycles. The topological polar surface area (TPSA) is 92.9 Å². The van der Waals surface area contributed by atoms with E-state index in [9.17, 15) is 9.59 Å². The summed E-state index contributed by atoms with van der Waals surface area (Å²) < 4.78 is 1.59. The fourth-order valence-corrected chi connectivity index (χ4v) is 1.78. The normalized spacial score (nSPS) is 11.9. The second-order valence-corrected chi connectivity index (χ2v) is 4.18. The van der Waals surface area contributed by atoms with Crippen LogP contribution in [-0.2, 0) is 11.3 Å². The summed E-state index contributed by atoms with van der Waals surface area (Å²) in [6, 6.07) is 6.89. The fraction of sp³-hybridized carbons (Fsp3) is 0.333. The van der Waals surface area contributed by atoms with Crippen LogP contribution in [0.3, 0.4) is 0 Å². The van der Waals surface area contributed by atoms with Gasteiger partial charge < -0.3 is 16.0 Å². The van der Waals surface area contributed by atoms with Crippen molar-refractivity contribution in [2.75, 3.05) is 6.54 Å². The molecule has 7 heteroatoms. The number of imidazole rings is 1. The van der Waals surface area contributed by atoms with Gasteiger partial charge in [0.25, 0.3) is 0 Å². The molecule has 0 spiro atoms. The Kier molecular flexibility index (Phi) is 5.14. The molecule has 0 radical (unpaired) electrons. The quantitative estimate of drug-likeness (QED) is 0.749. The molecule has 2 aromatic rings. The van der Waals surface area contributed by atoms with Crippen molar-refractivity contribution in [3.8, 4) is 0 Å². The number of para-hydroxylation sites is 2. The van der Waals surface area contributed by atoms with Crippen molar-refractivity contribution >= 4 is 29.3 Å². The van der Waals surface area contributed by atoms with Gasteiger partial charge in [-0.3, -0.25) is 9.36 Å². The van der Waals surface area contributed by atoms with E-state index in [1.165, 1.54) is 0 Å². The van der Waals surface area contributed by atoms with Gasteiger partial charge in [0.1, 0.15) is 0 Å². The first-order chi connectivity index (χ1) is 8.59. The number of aromatic nitrogens is 2. The molecule has 1 atom stereocenters. The summed E-state index contributed by atoms with van der Waals surface area (Å²) in [4.78, 5) is 25.8. The van der Waals surface area contributed by atoms with Gasteiger partial charge in [-0.1, -0.05) is 12.1 Å². The van der Waals surface area contributed by atoms with E-state index in [1.807, 2.05) is 24.3 Å². The van der Waals surface area contributed by atoms with Gasteiger partial charge in [0.2, 0.25) is 5.91 Å². The van der Waals surface area contributed by atoms with Crippen LogP contribution in [0.4, 0.5) is 0 Å². The Morgan fingerprint density at radius 1 is 1.47 bits per heavy atom. The molecule has 2 rings (SSSR count). The van der Waals surface area contributed by atoms with Crippen LogP contribution in [0, 0.1) is 0 Å². The van der Waals surface area contributed by atoms with E-state index < -0.39 is 6.04 Å². The highest BCUT2D eigenvalue weighted by Gasteiger charge is 2.08. The SMILES string of the molecule is C[C@@H](N)C(=O)NCCn1c(=O)[nH]c2ccccc21.Cl. The Hall–Kier alpha value is -1.79. The Labute approximate surface area is 116 Å². The molecule has 1 aromatic heterocycles. The molecule has 1 amide bonds. The maximum absolute atomic E-state index is 11.7. The highest BCUT2D eigenvalue weighted by molar-refractivity contribution is 5.85. The molecule has 104 valence electrons. The van der Waals surface area contributed by atoms with Crippen molar-refractivity contribution in [1.29, 1.82) is 0 Å². The van der Waals surface area contributed by atoms with E-state index in [0.29, 0.717) is 13.1 Å². The number of halogens is 1. The lowest BCUT2D eigenvalue weighted by Crippen LogP contribution is -2.40. The van der Waals surface area contributed by atoms with Crippen LogP contribution < -0.4 is 16.7 Å². The number of rotatable bonds is 4. The minimum absolute atomic E-state index is 0. The molecule has 19 heavy (non-hydrogen) atoms. The summed E-state index contributed by atoms with van der Waals surface area (Å²) >= 11 is 0. The van der Waals surface area contributed by atoms with Crippen LogP contribution >= 0.6 is 12.4 Å². The van der Waals surface area contributed by atoms with Crippen LogP contribution in [0.1, 0.15) is 6.92 Å². The van der Waals surface area contributed by atoms with Crippen LogP contribution in [0.5, 0.6) is 0 Å². The Morgan fingerprint density at radius 3 is 2.84 bits per heavy atom. The number of carbonyl (C=O) groups excluding carboxylic acids is 1. The molecule has 0 aliphatic heterocycles. The molecule has 6 nitrogen and oxygen atoms in total. The third-order valence-corrected chi connectivity index (χ3v) is 2.73. The number of benzene rings is 1. The lowest BCUT2D eigenvalue weighted by atomic mass is 10.3. The van der Waals surface area contributed by atoms with Gasteiger partial charge in [0.15, 0.2) is 0 Å². The van der Waals surface area contributed by atoms with Crippen molar-refractivity contribution in [1.82, 2.24) is 14.9 Å². The summed E-state index contributed by atoms with van der Waals surface area (Å²) in [6.07, 6.45) is 0. The standard InChI is InChI=1S/C12H16N4O2.ClH/c1-8(13)11(17)14-6-7-16-10-5-3-2-4-9(10)15-12(16)18;/h2-5,8H,6-7,13H2,1H3,(H,14,17)(H,15,18);1H/t8-;/m1./s1. The predicted molar refractivity (Wildman–Crippen MR) is 76.5 cm³/mol. The van der Waals surface area contributed by atoms with E-state index in [1.54, 1.807) is 11.5 Å². The predicted octanol–water partition coefficient (Wildman–Crippen LogP) is 0.215. The summed E-state index contributed by atoms with van der Waals surface area (Å²) in [5, 5.41) is 2.67. The first-order valence-electron chi connectivity index (χ1n) is 5.80. The summed E-state index contributed by atoms with van der Waals surface area (Å²) in [7, 11) is 0. The van der Waals surface area contributed by atoms with E-state index in [0.717, 1.165) is 11.0 Å². The molecule has 0 fully saturated rings. The monoisotopic (exact) mass is 284 g/mol. The van der Waals surface area contributed by atoms with Crippen molar-refractivity contribution in [2.45, 2.75) is 19.5 Å². The van der Waals surface area contributed by atoms with E-state index in [-0.39, 0.29) is 24.0 Å². The number of aromatic amines is 1. The largest absolute Gasteiger partial charge is 0.353 e. The number of H-pyrrole nitrogens is 1. The zero-order valence-electron chi connectivity index (χ0n) is 10.6. The highest BCUT2D eigenvalue weighted by Crippen LogP contribution is 2.08. The van der Waals surface area contributed by atoms with E-state index >= 15 is 0 Å². The van der Waals surface area contributed by atoms with Gasteiger partial charge in [0.05, 0.1) is 17.1 Å². The van der Waals surface area contributed by atoms with Crippen LogP contribution in [0.25, 0.3) is 11.0 Å². The minimum Gasteiger partial charge on any atom is -0.353 e. The number of nitrogens with one attached hydrogen (secondary N) is 2. The van der Waals surface area contributed by atoms with Crippen molar-refractivity contribution < 1.29 is 4.79 Å². The highest BCUT2D eigenvalue weighted by atomic mass is 35.5. The molecule has 1 aromatic carbocycles. The number of nitrogens with zero attached hydrogens (tertiary/aromatic N) is 1. The lowest BCUT2D eigenvalue weighted by Gasteiger charge is -2.08. The number of amides is 1.